The molecule has 1 aromatic carbocycles. The minimum Gasteiger partial charge on any atom is -0.507 e. The number of carbonyl (C=O) groups is 2. The Morgan fingerprint density at radius 3 is 2.40 bits per heavy atom. The molecule has 6 nitrogen and oxygen atoms in total. The monoisotopic (exact) mass is 296 g/mol. The van der Waals surface area contributed by atoms with Gasteiger partial charge in [0.25, 0.3) is 0 Å². The molecule has 0 aliphatic heterocycles. The molecule has 0 aliphatic carbocycles. The number of hydrogen-bond donors (Lipinski definition) is 4. The fourth-order valence-corrected chi connectivity index (χ4v) is 1.65. The molecule has 0 bridgehead atoms. The first-order chi connectivity index (χ1) is 9.22. The summed E-state index contributed by atoms with van der Waals surface area (Å²) >= 11 is 4.96. The second kappa shape index (κ2) is 6.33. The fourth-order valence-electron chi connectivity index (χ4n) is 1.43. The van der Waals surface area contributed by atoms with Crippen LogP contribution in [0, 0.1) is 12.8 Å². The molecule has 0 saturated heterocycles. The minimum atomic E-state index is -1.24. The lowest BCUT2D eigenvalue weighted by atomic mass is 10.1. The Bertz CT molecular complexity index is 570. The van der Waals surface area contributed by atoms with E-state index in [2.05, 4.69) is 10.6 Å². The Morgan fingerprint density at radius 2 is 1.90 bits per heavy atom. The third-order valence-corrected chi connectivity index (χ3v) is 2.75. The number of aryl methyl sites for hydroxylation is 1. The summed E-state index contributed by atoms with van der Waals surface area (Å²) in [4.78, 5) is 22.5. The molecule has 4 N–H and O–H groups in total. The first-order valence-electron chi connectivity index (χ1n) is 5.91. The van der Waals surface area contributed by atoms with Gasteiger partial charge in [0.2, 0.25) is 5.91 Å². The van der Waals surface area contributed by atoms with E-state index in [-0.39, 0.29) is 28.3 Å². The Kier molecular flexibility index (Phi) is 5.04. The van der Waals surface area contributed by atoms with E-state index < -0.39 is 5.97 Å². The van der Waals surface area contributed by atoms with E-state index in [0.29, 0.717) is 11.3 Å². The van der Waals surface area contributed by atoms with Crippen molar-refractivity contribution in [3.8, 4) is 5.75 Å². The van der Waals surface area contributed by atoms with Crippen molar-refractivity contribution in [2.45, 2.75) is 20.8 Å². The topological polar surface area (TPSA) is 98.7 Å². The van der Waals surface area contributed by atoms with Crippen molar-refractivity contribution in [2.24, 2.45) is 5.92 Å². The third kappa shape index (κ3) is 3.92. The van der Waals surface area contributed by atoms with Crippen LogP contribution in [0.1, 0.15) is 29.8 Å². The van der Waals surface area contributed by atoms with E-state index in [1.807, 2.05) is 0 Å². The SMILES string of the molecule is Cc1cc(NC(=S)NC(=O)C(C)C)cc(C(=O)O)c1O. The van der Waals surface area contributed by atoms with Crippen molar-refractivity contribution in [3.63, 3.8) is 0 Å². The molecule has 1 aromatic rings. The third-order valence-electron chi connectivity index (χ3n) is 2.55. The maximum Gasteiger partial charge on any atom is 0.339 e. The lowest BCUT2D eigenvalue weighted by Gasteiger charge is -2.13. The van der Waals surface area contributed by atoms with Crippen LogP contribution in [-0.4, -0.2) is 27.2 Å². The highest BCUT2D eigenvalue weighted by molar-refractivity contribution is 7.80. The number of aromatic hydroxyl groups is 1. The van der Waals surface area contributed by atoms with Crippen LogP contribution in [0.15, 0.2) is 12.1 Å². The molecule has 20 heavy (non-hydrogen) atoms. The average molecular weight is 296 g/mol. The number of phenols is 1. The predicted octanol–water partition coefficient (Wildman–Crippen LogP) is 1.87. The van der Waals surface area contributed by atoms with Crippen LogP contribution in [0.3, 0.4) is 0 Å². The Morgan fingerprint density at radius 1 is 1.30 bits per heavy atom. The summed E-state index contributed by atoms with van der Waals surface area (Å²) in [6, 6.07) is 2.79. The second-order valence-electron chi connectivity index (χ2n) is 4.59. The van der Waals surface area contributed by atoms with Crippen molar-refractivity contribution in [1.29, 1.82) is 0 Å². The maximum atomic E-state index is 11.5. The Hall–Kier alpha value is -2.15. The van der Waals surface area contributed by atoms with Gasteiger partial charge < -0.3 is 20.8 Å². The van der Waals surface area contributed by atoms with E-state index >= 15 is 0 Å². The molecule has 108 valence electrons. The number of thiocarbonyl (C=S) groups is 1. The Balaban J connectivity index is 2.91. The van der Waals surface area contributed by atoms with Gasteiger partial charge in [-0.25, -0.2) is 4.79 Å². The summed E-state index contributed by atoms with van der Waals surface area (Å²) in [6.07, 6.45) is 0. The van der Waals surface area contributed by atoms with Crippen LogP contribution in [0.5, 0.6) is 5.75 Å². The van der Waals surface area contributed by atoms with Crippen LogP contribution in [-0.2, 0) is 4.79 Å². The van der Waals surface area contributed by atoms with Gasteiger partial charge in [-0.1, -0.05) is 13.8 Å². The van der Waals surface area contributed by atoms with Crippen molar-refractivity contribution >= 4 is 34.9 Å². The smallest absolute Gasteiger partial charge is 0.339 e. The molecular weight excluding hydrogens is 280 g/mol. The zero-order chi connectivity index (χ0) is 15.4. The van der Waals surface area contributed by atoms with Crippen molar-refractivity contribution in [3.05, 3.63) is 23.3 Å². The van der Waals surface area contributed by atoms with Gasteiger partial charge in [0.05, 0.1) is 0 Å². The first kappa shape index (κ1) is 15.9. The molecule has 0 spiro atoms. The number of nitrogens with one attached hydrogen (secondary N) is 2. The number of benzene rings is 1. The minimum absolute atomic E-state index is 0.0742. The molecule has 7 heteroatoms. The number of aromatic carboxylic acids is 1. The van der Waals surface area contributed by atoms with Gasteiger partial charge in [-0.2, -0.15) is 0 Å². The zero-order valence-corrected chi connectivity index (χ0v) is 12.2. The van der Waals surface area contributed by atoms with E-state index in [9.17, 15) is 14.7 Å². The summed E-state index contributed by atoms with van der Waals surface area (Å²) in [5.74, 6) is -1.99. The van der Waals surface area contributed by atoms with E-state index in [4.69, 9.17) is 17.3 Å². The molecule has 1 rings (SSSR count). The summed E-state index contributed by atoms with van der Waals surface area (Å²) in [7, 11) is 0. The van der Waals surface area contributed by atoms with E-state index in [1.165, 1.54) is 12.1 Å². The lowest BCUT2D eigenvalue weighted by Crippen LogP contribution is -2.36. The standard InChI is InChI=1S/C13H16N2O4S/c1-6(2)11(17)15-13(20)14-8-4-7(3)10(16)9(5-8)12(18)19/h4-6,16H,1-3H3,(H,18,19)(H2,14,15,17,20). The Labute approximate surface area is 121 Å². The number of amides is 1. The normalized spacial score (nSPS) is 10.2. The number of hydrogen-bond acceptors (Lipinski definition) is 4. The molecule has 0 radical (unpaired) electrons. The molecule has 0 atom stereocenters. The van der Waals surface area contributed by atoms with Gasteiger partial charge in [0.1, 0.15) is 11.3 Å². The highest BCUT2D eigenvalue weighted by atomic mass is 32.1. The van der Waals surface area contributed by atoms with Crippen molar-refractivity contribution in [1.82, 2.24) is 5.32 Å². The number of anilines is 1. The molecular formula is C13H16N2O4S. The maximum absolute atomic E-state index is 11.5. The highest BCUT2D eigenvalue weighted by Gasteiger charge is 2.15. The van der Waals surface area contributed by atoms with E-state index in [1.54, 1.807) is 20.8 Å². The van der Waals surface area contributed by atoms with Crippen LogP contribution >= 0.6 is 12.2 Å². The molecule has 0 unspecified atom stereocenters. The van der Waals surface area contributed by atoms with Gasteiger partial charge in [0.15, 0.2) is 5.11 Å². The van der Waals surface area contributed by atoms with Crippen molar-refractivity contribution < 1.29 is 19.8 Å². The van der Waals surface area contributed by atoms with Crippen LogP contribution < -0.4 is 10.6 Å². The highest BCUT2D eigenvalue weighted by Crippen LogP contribution is 2.26. The molecule has 0 aliphatic rings. The van der Waals surface area contributed by atoms with E-state index in [0.717, 1.165) is 0 Å². The molecule has 0 aromatic heterocycles. The molecule has 0 saturated carbocycles. The second-order valence-corrected chi connectivity index (χ2v) is 5.00. The van der Waals surface area contributed by atoms with Gasteiger partial charge in [0, 0.05) is 11.6 Å². The first-order valence-corrected chi connectivity index (χ1v) is 6.32. The van der Waals surface area contributed by atoms with Gasteiger partial charge in [-0.05, 0) is 36.8 Å². The number of carboxylic acids is 1. The number of carbonyl (C=O) groups excluding carboxylic acids is 1. The zero-order valence-electron chi connectivity index (χ0n) is 11.4. The quantitative estimate of drug-likeness (QED) is 0.502. The van der Waals surface area contributed by atoms with Crippen LogP contribution in [0.25, 0.3) is 0 Å². The molecule has 1 amide bonds. The average Bonchev–Trinajstić information content (AvgIpc) is 2.32. The molecule has 0 fully saturated rings. The van der Waals surface area contributed by atoms with Crippen LogP contribution in [0.2, 0.25) is 0 Å². The predicted molar refractivity (Wildman–Crippen MR) is 79.0 cm³/mol. The largest absolute Gasteiger partial charge is 0.507 e. The summed E-state index contributed by atoms with van der Waals surface area (Å²) < 4.78 is 0. The van der Waals surface area contributed by atoms with Crippen LogP contribution in [0.4, 0.5) is 5.69 Å². The summed E-state index contributed by atoms with van der Waals surface area (Å²) in [5.41, 5.74) is 0.544. The summed E-state index contributed by atoms with van der Waals surface area (Å²) in [6.45, 7) is 5.03. The summed E-state index contributed by atoms with van der Waals surface area (Å²) in [5, 5.41) is 23.9. The number of carboxylic acid groups (broad SMARTS) is 1. The van der Waals surface area contributed by atoms with Gasteiger partial charge in [-0.15, -0.1) is 0 Å². The molecule has 0 heterocycles. The van der Waals surface area contributed by atoms with Gasteiger partial charge in [-0.3, -0.25) is 4.79 Å². The fraction of sp³-hybridized carbons (Fsp3) is 0.308. The van der Waals surface area contributed by atoms with Gasteiger partial charge >= 0.3 is 5.97 Å². The van der Waals surface area contributed by atoms with Crippen molar-refractivity contribution in [2.75, 3.05) is 5.32 Å². The number of rotatable bonds is 3. The lowest BCUT2D eigenvalue weighted by molar-refractivity contribution is -0.122.